The minimum absolute atomic E-state index is 0.290. The minimum atomic E-state index is -0.290. The van der Waals surface area contributed by atoms with Gasteiger partial charge in [0.2, 0.25) is 0 Å². The number of nitrogens with zero attached hydrogens (tertiary/aromatic N) is 2. The van der Waals surface area contributed by atoms with Crippen molar-refractivity contribution in [3.05, 3.63) is 59.9 Å². The van der Waals surface area contributed by atoms with E-state index in [1.54, 1.807) is 12.1 Å². The second kappa shape index (κ2) is 4.74. The Morgan fingerprint density at radius 2 is 1.84 bits per heavy atom. The second-order valence-corrected chi connectivity index (χ2v) is 4.42. The smallest absolute Gasteiger partial charge is 0.306 e. The molecule has 0 aliphatic rings. The molecule has 0 aliphatic carbocycles. The van der Waals surface area contributed by atoms with Gasteiger partial charge in [0.1, 0.15) is 6.33 Å². The fraction of sp³-hybridized carbons (Fsp3) is 0. The number of imidazole rings is 1. The molecule has 0 radical (unpaired) electrons. The van der Waals surface area contributed by atoms with Crippen LogP contribution in [0.4, 0.5) is 10.5 Å². The lowest BCUT2D eigenvalue weighted by Crippen LogP contribution is -2.18. The molecular formula is C14H10ClN3O. The van der Waals surface area contributed by atoms with E-state index in [4.69, 9.17) is 11.6 Å². The molecule has 94 valence electrons. The van der Waals surface area contributed by atoms with E-state index in [2.05, 4.69) is 10.3 Å². The number of halogens is 1. The quantitative estimate of drug-likeness (QED) is 0.732. The maximum atomic E-state index is 12.2. The molecule has 3 aromatic rings. The molecule has 2 aromatic carbocycles. The first-order chi connectivity index (χ1) is 9.25. The first-order valence-electron chi connectivity index (χ1n) is 5.74. The zero-order valence-electron chi connectivity index (χ0n) is 9.88. The van der Waals surface area contributed by atoms with Gasteiger partial charge in [-0.05, 0) is 24.3 Å². The largest absolute Gasteiger partial charge is 0.331 e. The van der Waals surface area contributed by atoms with Gasteiger partial charge in [-0.15, -0.1) is 0 Å². The van der Waals surface area contributed by atoms with Crippen LogP contribution in [0.1, 0.15) is 0 Å². The Bertz CT molecular complexity index is 751. The predicted molar refractivity (Wildman–Crippen MR) is 75.6 cm³/mol. The molecule has 5 heteroatoms. The van der Waals surface area contributed by atoms with Crippen molar-refractivity contribution in [2.24, 2.45) is 0 Å². The number of rotatable bonds is 1. The van der Waals surface area contributed by atoms with Crippen molar-refractivity contribution in [2.45, 2.75) is 0 Å². The molecule has 0 saturated carbocycles. The van der Waals surface area contributed by atoms with E-state index in [-0.39, 0.29) is 6.03 Å². The van der Waals surface area contributed by atoms with Crippen LogP contribution in [0.3, 0.4) is 0 Å². The Morgan fingerprint density at radius 3 is 2.68 bits per heavy atom. The molecule has 0 aliphatic heterocycles. The third-order valence-corrected chi connectivity index (χ3v) is 3.12. The molecule has 0 spiro atoms. The van der Waals surface area contributed by atoms with E-state index in [0.29, 0.717) is 10.7 Å². The van der Waals surface area contributed by atoms with Gasteiger partial charge in [-0.1, -0.05) is 35.9 Å². The first-order valence-corrected chi connectivity index (χ1v) is 6.11. The fourth-order valence-electron chi connectivity index (χ4n) is 1.86. The average Bonchev–Trinajstić information content (AvgIpc) is 2.85. The van der Waals surface area contributed by atoms with Crippen LogP contribution in [0.25, 0.3) is 11.0 Å². The van der Waals surface area contributed by atoms with Crippen LogP contribution in [0, 0.1) is 0 Å². The van der Waals surface area contributed by atoms with Crippen LogP contribution in [-0.2, 0) is 0 Å². The Kier molecular flexibility index (Phi) is 2.93. The number of carbonyl (C=O) groups is 1. The number of hydrogen-bond acceptors (Lipinski definition) is 2. The summed E-state index contributed by atoms with van der Waals surface area (Å²) in [6.07, 6.45) is 1.50. The maximum absolute atomic E-state index is 12.2. The zero-order valence-corrected chi connectivity index (χ0v) is 10.6. The molecule has 4 nitrogen and oxygen atoms in total. The Hall–Kier alpha value is -2.33. The van der Waals surface area contributed by atoms with E-state index in [9.17, 15) is 4.79 Å². The maximum Gasteiger partial charge on any atom is 0.331 e. The lowest BCUT2D eigenvalue weighted by molar-refractivity contribution is 0.254. The number of aromatic nitrogens is 2. The van der Waals surface area contributed by atoms with Crippen molar-refractivity contribution in [2.75, 3.05) is 5.32 Å². The molecule has 1 N–H and O–H groups in total. The van der Waals surface area contributed by atoms with Crippen molar-refractivity contribution in [3.63, 3.8) is 0 Å². The first kappa shape index (κ1) is 11.7. The standard InChI is InChI=1S/C14H10ClN3O/c15-10-5-1-2-6-11(10)17-14(19)18-9-16-12-7-3-4-8-13(12)18/h1-9H,(H,17,19). The molecule has 1 amide bonds. The molecule has 3 rings (SSSR count). The number of amides is 1. The summed E-state index contributed by atoms with van der Waals surface area (Å²) in [5.74, 6) is 0. The Labute approximate surface area is 114 Å². The number of anilines is 1. The van der Waals surface area contributed by atoms with E-state index in [0.717, 1.165) is 11.0 Å². The third kappa shape index (κ3) is 2.18. The highest BCUT2D eigenvalue weighted by molar-refractivity contribution is 6.33. The highest BCUT2D eigenvalue weighted by atomic mass is 35.5. The molecule has 0 atom stereocenters. The molecule has 0 fully saturated rings. The highest BCUT2D eigenvalue weighted by Crippen LogP contribution is 2.21. The number of carbonyl (C=O) groups excluding carboxylic acids is 1. The van der Waals surface area contributed by atoms with Crippen LogP contribution in [0.2, 0.25) is 5.02 Å². The monoisotopic (exact) mass is 271 g/mol. The van der Waals surface area contributed by atoms with Crippen molar-refractivity contribution in [1.82, 2.24) is 9.55 Å². The topological polar surface area (TPSA) is 46.9 Å². The normalized spacial score (nSPS) is 10.6. The molecule has 0 unspecified atom stereocenters. The van der Waals surface area contributed by atoms with Gasteiger partial charge < -0.3 is 5.32 Å². The summed E-state index contributed by atoms with van der Waals surface area (Å²) < 4.78 is 1.46. The predicted octanol–water partition coefficient (Wildman–Crippen LogP) is 3.77. The van der Waals surface area contributed by atoms with Gasteiger partial charge in [0, 0.05) is 0 Å². The molecule has 19 heavy (non-hydrogen) atoms. The molecular weight excluding hydrogens is 262 g/mol. The lowest BCUT2D eigenvalue weighted by Gasteiger charge is -2.07. The van der Waals surface area contributed by atoms with E-state index >= 15 is 0 Å². The fourth-order valence-corrected chi connectivity index (χ4v) is 2.04. The Morgan fingerprint density at radius 1 is 1.11 bits per heavy atom. The van der Waals surface area contributed by atoms with Crippen LogP contribution < -0.4 is 5.32 Å². The van der Waals surface area contributed by atoms with Crippen LogP contribution in [0.5, 0.6) is 0 Å². The Balaban J connectivity index is 1.95. The summed E-state index contributed by atoms with van der Waals surface area (Å²) >= 11 is 6.01. The summed E-state index contributed by atoms with van der Waals surface area (Å²) in [4.78, 5) is 16.4. The summed E-state index contributed by atoms with van der Waals surface area (Å²) in [5.41, 5.74) is 2.11. The van der Waals surface area contributed by atoms with Gasteiger partial charge in [0.15, 0.2) is 0 Å². The SMILES string of the molecule is O=C(Nc1ccccc1Cl)n1cnc2ccccc21. The van der Waals surface area contributed by atoms with E-state index in [1.165, 1.54) is 10.9 Å². The minimum Gasteiger partial charge on any atom is -0.306 e. The van der Waals surface area contributed by atoms with Crippen molar-refractivity contribution in [1.29, 1.82) is 0 Å². The molecule has 0 saturated heterocycles. The average molecular weight is 272 g/mol. The van der Waals surface area contributed by atoms with E-state index < -0.39 is 0 Å². The van der Waals surface area contributed by atoms with Crippen LogP contribution >= 0.6 is 11.6 Å². The number of fused-ring (bicyclic) bond motifs is 1. The van der Waals surface area contributed by atoms with Gasteiger partial charge in [-0.3, -0.25) is 4.57 Å². The van der Waals surface area contributed by atoms with E-state index in [1.807, 2.05) is 36.4 Å². The number of benzene rings is 2. The van der Waals surface area contributed by atoms with Crippen molar-refractivity contribution < 1.29 is 4.79 Å². The van der Waals surface area contributed by atoms with Crippen molar-refractivity contribution >= 4 is 34.4 Å². The number of nitrogens with one attached hydrogen (secondary N) is 1. The summed E-state index contributed by atoms with van der Waals surface area (Å²) in [6, 6.07) is 14.3. The summed E-state index contributed by atoms with van der Waals surface area (Å²) in [5, 5.41) is 3.26. The summed E-state index contributed by atoms with van der Waals surface area (Å²) in [6.45, 7) is 0. The molecule has 1 heterocycles. The molecule has 0 bridgehead atoms. The van der Waals surface area contributed by atoms with Crippen LogP contribution in [-0.4, -0.2) is 15.6 Å². The van der Waals surface area contributed by atoms with Gasteiger partial charge in [-0.2, -0.15) is 0 Å². The van der Waals surface area contributed by atoms with Gasteiger partial charge in [-0.25, -0.2) is 9.78 Å². The van der Waals surface area contributed by atoms with Gasteiger partial charge in [0.25, 0.3) is 0 Å². The highest BCUT2D eigenvalue weighted by Gasteiger charge is 2.10. The van der Waals surface area contributed by atoms with Crippen molar-refractivity contribution in [3.8, 4) is 0 Å². The number of hydrogen-bond donors (Lipinski definition) is 1. The molecule has 1 aromatic heterocycles. The zero-order chi connectivity index (χ0) is 13.2. The lowest BCUT2D eigenvalue weighted by atomic mass is 10.3. The second-order valence-electron chi connectivity index (χ2n) is 4.01. The third-order valence-electron chi connectivity index (χ3n) is 2.79. The number of para-hydroxylation sites is 3. The van der Waals surface area contributed by atoms with Gasteiger partial charge >= 0.3 is 6.03 Å². The van der Waals surface area contributed by atoms with Gasteiger partial charge in [0.05, 0.1) is 21.7 Å². The summed E-state index contributed by atoms with van der Waals surface area (Å²) in [7, 11) is 0. The van der Waals surface area contributed by atoms with Crippen LogP contribution in [0.15, 0.2) is 54.9 Å².